The van der Waals surface area contributed by atoms with Crippen molar-refractivity contribution in [1.82, 2.24) is 18.3 Å². The van der Waals surface area contributed by atoms with Gasteiger partial charge >= 0.3 is 21.1 Å². The van der Waals surface area contributed by atoms with E-state index in [9.17, 15) is 0 Å². The summed E-state index contributed by atoms with van der Waals surface area (Å²) < 4.78 is 17.9. The third kappa shape index (κ3) is 5.10. The lowest BCUT2D eigenvalue weighted by Gasteiger charge is -2.36. The molecule has 2 aromatic heterocycles. The van der Waals surface area contributed by atoms with Crippen molar-refractivity contribution in [2.75, 3.05) is 26.2 Å². The van der Waals surface area contributed by atoms with Crippen LogP contribution in [0.4, 0.5) is 21.2 Å². The minimum absolute atomic E-state index is 0.368. The van der Waals surface area contributed by atoms with Gasteiger partial charge in [0.25, 0.3) is 0 Å². The summed E-state index contributed by atoms with van der Waals surface area (Å²) in [4.78, 5) is 65.3. The van der Waals surface area contributed by atoms with E-state index in [0.29, 0.717) is 93.7 Å². The molecular weight excluding hydrogens is 761 g/mol. The van der Waals surface area contributed by atoms with Crippen LogP contribution in [0.1, 0.15) is 60.8 Å². The van der Waals surface area contributed by atoms with Gasteiger partial charge in [-0.3, -0.25) is 8.47 Å². The molecular formula is C44H36N10O4Si. The second-order valence-corrected chi connectivity index (χ2v) is 17.9. The number of carbonyl (C=O) groups excluding carboxylic acids is 2. The highest BCUT2D eigenvalue weighted by Gasteiger charge is 2.60. The van der Waals surface area contributed by atoms with Crippen LogP contribution in [0, 0.1) is 0 Å². The van der Waals surface area contributed by atoms with Gasteiger partial charge in [0.2, 0.25) is 0 Å². The number of likely N-dealkylation sites (tertiary alicyclic amines) is 2. The highest BCUT2D eigenvalue weighted by Crippen LogP contribution is 2.44. The molecule has 290 valence electrons. The molecule has 2 amide bonds. The van der Waals surface area contributed by atoms with E-state index < -0.39 is 21.1 Å². The van der Waals surface area contributed by atoms with Gasteiger partial charge in [0, 0.05) is 70.0 Å². The quantitative estimate of drug-likeness (QED) is 0.182. The topological polar surface area (TPSA) is 143 Å². The molecule has 0 radical (unpaired) electrons. The average Bonchev–Trinajstić information content (AvgIpc) is 4.00. The van der Waals surface area contributed by atoms with E-state index >= 15 is 9.59 Å². The number of carbonyl (C=O) groups is 2. The van der Waals surface area contributed by atoms with Gasteiger partial charge in [-0.1, -0.05) is 97.1 Å². The van der Waals surface area contributed by atoms with Crippen molar-refractivity contribution >= 4 is 77.6 Å². The van der Waals surface area contributed by atoms with Crippen LogP contribution >= 0.6 is 0 Å². The Morgan fingerprint density at radius 1 is 0.424 bits per heavy atom. The molecule has 6 aromatic rings. The van der Waals surface area contributed by atoms with Crippen molar-refractivity contribution in [1.29, 1.82) is 0 Å². The molecule has 0 spiro atoms. The standard InChI is InChI=1S/C44H36N10O4Si/c55-43(51-23-11-1-12-24-51)57-59(58-44(56)52-25-13-2-14-26-52)53-39-31-19-7-8-20-32(31)41(53)49-37-29-17-5-6-18-30(29)38(46-37)50-42-34-22-10-9-21-33(34)40(54(42)59)48-36-28-16-4-3-15-27(28)35(45-36)47-39/h3-10,15-22H,1-2,11-14,23-26H2. The first-order chi connectivity index (χ1) is 29.1. The number of fused-ring (bicyclic) bond motifs is 14. The largest absolute Gasteiger partial charge is 0.744 e. The Labute approximate surface area is 338 Å². The Morgan fingerprint density at radius 3 is 1.19 bits per heavy atom. The maximum Gasteiger partial charge on any atom is 0.744 e. The van der Waals surface area contributed by atoms with Crippen molar-refractivity contribution in [2.24, 2.45) is 30.0 Å². The lowest BCUT2D eigenvalue weighted by atomic mass is 10.1. The Kier molecular flexibility index (Phi) is 7.51. The van der Waals surface area contributed by atoms with Crippen LogP contribution in [0.25, 0.3) is 21.5 Å². The van der Waals surface area contributed by atoms with Crippen LogP contribution in [0.15, 0.2) is 127 Å². The van der Waals surface area contributed by atoms with Crippen LogP contribution in [-0.4, -0.2) is 88.9 Å². The highest BCUT2D eigenvalue weighted by molar-refractivity contribution is 6.69. The number of hydrogen-bond acceptors (Lipinski definition) is 10. The lowest BCUT2D eigenvalue weighted by Crippen LogP contribution is -2.67. The average molecular weight is 797 g/mol. The zero-order valence-corrected chi connectivity index (χ0v) is 32.9. The summed E-state index contributed by atoms with van der Waals surface area (Å²) in [6, 6.07) is 31.3. The number of piperidine rings is 2. The van der Waals surface area contributed by atoms with Crippen LogP contribution in [-0.2, 0) is 8.85 Å². The number of aromatic nitrogens is 2. The van der Waals surface area contributed by atoms with Crippen molar-refractivity contribution in [3.8, 4) is 0 Å². The molecule has 4 aromatic carbocycles. The number of amidine groups is 4. The number of nitrogens with zero attached hydrogens (tertiary/aromatic N) is 10. The van der Waals surface area contributed by atoms with Gasteiger partial charge in [-0.05, 0) is 38.5 Å². The molecule has 15 heteroatoms. The number of aliphatic imine (C=N–C) groups is 4. The fourth-order valence-corrected chi connectivity index (χ4v) is 12.2. The fourth-order valence-electron chi connectivity index (χ4n) is 9.15. The molecule has 0 saturated carbocycles. The predicted octanol–water partition coefficient (Wildman–Crippen LogP) is 6.62. The minimum Gasteiger partial charge on any atom is -0.435 e. The molecule has 6 aliphatic rings. The second kappa shape index (κ2) is 13.0. The molecule has 0 aliphatic carbocycles. The van der Waals surface area contributed by atoms with Crippen LogP contribution in [0.5, 0.6) is 0 Å². The molecule has 6 aliphatic heterocycles. The molecule has 0 atom stereocenters. The van der Waals surface area contributed by atoms with E-state index in [4.69, 9.17) is 38.8 Å². The molecule has 59 heavy (non-hydrogen) atoms. The monoisotopic (exact) mass is 796 g/mol. The van der Waals surface area contributed by atoms with Crippen molar-refractivity contribution in [2.45, 2.75) is 38.5 Å². The molecule has 8 heterocycles. The number of benzene rings is 4. The maximum absolute atomic E-state index is 15.1. The van der Waals surface area contributed by atoms with Gasteiger partial charge in [0.05, 0.1) is 0 Å². The zero-order chi connectivity index (χ0) is 39.2. The summed E-state index contributed by atoms with van der Waals surface area (Å²) >= 11 is 0. The molecule has 12 rings (SSSR count). The Morgan fingerprint density at radius 2 is 0.780 bits per heavy atom. The number of rotatable bonds is 2. The SMILES string of the molecule is O=C(O[Si]1(OC(=O)N2CCCCC2)n2c3c4ccccc4c2N=C2N=C(N=c4c5ccccc5c(n41)=NC1=NC(=N3)c3ccccc31)c1ccccc12)N1CCCCC1. The van der Waals surface area contributed by atoms with E-state index in [1.807, 2.05) is 97.1 Å². The van der Waals surface area contributed by atoms with Crippen molar-refractivity contribution in [3.05, 3.63) is 130 Å². The van der Waals surface area contributed by atoms with Crippen molar-refractivity contribution in [3.63, 3.8) is 0 Å². The van der Waals surface area contributed by atoms with E-state index in [1.165, 1.54) is 0 Å². The summed E-state index contributed by atoms with van der Waals surface area (Å²) in [6.45, 7) is 2.01. The number of hydrogen-bond donors (Lipinski definition) is 0. The lowest BCUT2D eigenvalue weighted by molar-refractivity contribution is 0.100. The highest BCUT2D eigenvalue weighted by atomic mass is 28.4. The van der Waals surface area contributed by atoms with Gasteiger partial charge in [0.15, 0.2) is 23.3 Å². The third-order valence-electron chi connectivity index (χ3n) is 12.0. The molecule has 14 nitrogen and oxygen atoms in total. The summed E-state index contributed by atoms with van der Waals surface area (Å²) in [7, 11) is -4.97. The second-order valence-electron chi connectivity index (χ2n) is 15.5. The zero-order valence-electron chi connectivity index (χ0n) is 31.9. The summed E-state index contributed by atoms with van der Waals surface area (Å²) in [6.07, 6.45) is 4.11. The molecule has 0 unspecified atom stereocenters. The normalized spacial score (nSPS) is 18.4. The molecule has 0 N–H and O–H groups in total. The van der Waals surface area contributed by atoms with Gasteiger partial charge in [-0.25, -0.2) is 39.5 Å². The van der Waals surface area contributed by atoms with E-state index in [2.05, 4.69) is 0 Å². The Bertz CT molecular complexity index is 2900. The van der Waals surface area contributed by atoms with Gasteiger partial charge in [0.1, 0.15) is 22.6 Å². The van der Waals surface area contributed by atoms with E-state index in [-0.39, 0.29) is 0 Å². The summed E-state index contributed by atoms with van der Waals surface area (Å²) in [5.74, 6) is 2.41. The van der Waals surface area contributed by atoms with Crippen LogP contribution in [0.2, 0.25) is 0 Å². The first kappa shape index (κ1) is 34.1. The van der Waals surface area contributed by atoms with Crippen LogP contribution < -0.4 is 11.0 Å². The maximum atomic E-state index is 15.1. The van der Waals surface area contributed by atoms with Gasteiger partial charge in [-0.15, -0.1) is 0 Å². The Balaban J connectivity index is 1.32. The first-order valence-electron chi connectivity index (χ1n) is 20.3. The summed E-state index contributed by atoms with van der Waals surface area (Å²) in [5.41, 5.74) is 3.89. The third-order valence-corrected chi connectivity index (χ3v) is 14.8. The minimum atomic E-state index is -4.97. The fraction of sp³-hybridized carbons (Fsp3) is 0.227. The predicted molar refractivity (Wildman–Crippen MR) is 225 cm³/mol. The Hall–Kier alpha value is -7.00. The van der Waals surface area contributed by atoms with Crippen molar-refractivity contribution < 1.29 is 18.4 Å². The smallest absolute Gasteiger partial charge is 0.435 e. The molecule has 2 fully saturated rings. The van der Waals surface area contributed by atoms with Gasteiger partial charge < -0.3 is 18.7 Å². The molecule has 2 saturated heterocycles. The number of amides is 2. The first-order valence-corrected chi connectivity index (χ1v) is 22.0. The van der Waals surface area contributed by atoms with E-state index in [1.54, 1.807) is 18.3 Å². The van der Waals surface area contributed by atoms with Gasteiger partial charge in [-0.2, -0.15) is 0 Å². The van der Waals surface area contributed by atoms with Crippen LogP contribution in [0.3, 0.4) is 0 Å². The summed E-state index contributed by atoms with van der Waals surface area (Å²) in [5, 5.41) is 2.79. The van der Waals surface area contributed by atoms with E-state index in [0.717, 1.165) is 60.8 Å². The molecule has 6 bridgehead atoms.